The summed E-state index contributed by atoms with van der Waals surface area (Å²) in [4.78, 5) is 0. The summed E-state index contributed by atoms with van der Waals surface area (Å²) >= 11 is 6.09. The zero-order valence-corrected chi connectivity index (χ0v) is 11.6. The minimum absolute atomic E-state index is 0.0383. The lowest BCUT2D eigenvalue weighted by atomic mass is 10.1. The van der Waals surface area contributed by atoms with Crippen molar-refractivity contribution in [1.82, 2.24) is 10.2 Å². The molecule has 3 nitrogen and oxygen atoms in total. The number of aromatic nitrogens is 2. The van der Waals surface area contributed by atoms with Crippen LogP contribution in [0.15, 0.2) is 42.6 Å². The molecule has 1 aromatic heterocycles. The molecule has 3 aromatic rings. The molecule has 0 spiro atoms. The Balaban J connectivity index is 1.92. The first-order valence-corrected chi connectivity index (χ1v) is 6.66. The summed E-state index contributed by atoms with van der Waals surface area (Å²) in [6.45, 7) is 1.98. The number of halogens is 2. The molecule has 1 unspecified atom stereocenters. The van der Waals surface area contributed by atoms with Gasteiger partial charge in [-0.3, -0.25) is 5.10 Å². The molecule has 0 bridgehead atoms. The van der Waals surface area contributed by atoms with Crippen LogP contribution >= 0.6 is 11.6 Å². The number of aromatic amines is 1. The van der Waals surface area contributed by atoms with Crippen molar-refractivity contribution < 1.29 is 4.39 Å². The van der Waals surface area contributed by atoms with Gasteiger partial charge in [0, 0.05) is 16.1 Å². The second kappa shape index (κ2) is 5.13. The Bertz CT molecular complexity index is 754. The van der Waals surface area contributed by atoms with Gasteiger partial charge in [0.15, 0.2) is 0 Å². The number of hydrogen-bond donors (Lipinski definition) is 2. The Morgan fingerprint density at radius 3 is 2.95 bits per heavy atom. The summed E-state index contributed by atoms with van der Waals surface area (Å²) in [6.07, 6.45) is 1.77. The molecule has 5 heteroatoms. The molecule has 20 heavy (non-hydrogen) atoms. The minimum Gasteiger partial charge on any atom is -0.378 e. The van der Waals surface area contributed by atoms with Gasteiger partial charge in [-0.2, -0.15) is 5.10 Å². The highest BCUT2D eigenvalue weighted by atomic mass is 35.5. The van der Waals surface area contributed by atoms with Crippen molar-refractivity contribution in [2.45, 2.75) is 13.0 Å². The van der Waals surface area contributed by atoms with Crippen molar-refractivity contribution in [3.8, 4) is 0 Å². The van der Waals surface area contributed by atoms with Crippen LogP contribution in [0, 0.1) is 5.82 Å². The van der Waals surface area contributed by atoms with Crippen LogP contribution in [0.4, 0.5) is 10.1 Å². The first-order valence-electron chi connectivity index (χ1n) is 6.29. The standard InChI is InChI=1S/C15H13ClFN3/c1-9(11-6-5-10(17)7-13(11)16)19-14-3-2-4-15-12(14)8-18-20-15/h2-9,19H,1H3,(H,18,20). The van der Waals surface area contributed by atoms with E-state index in [1.54, 1.807) is 12.3 Å². The molecular weight excluding hydrogens is 277 g/mol. The Labute approximate surface area is 120 Å². The van der Waals surface area contributed by atoms with E-state index in [0.29, 0.717) is 5.02 Å². The number of fused-ring (bicyclic) bond motifs is 1. The normalized spacial score (nSPS) is 12.6. The second-order valence-electron chi connectivity index (χ2n) is 4.67. The molecule has 0 saturated carbocycles. The fourth-order valence-corrected chi connectivity index (χ4v) is 2.59. The predicted octanol–water partition coefficient (Wildman–Crippen LogP) is 4.53. The third-order valence-corrected chi connectivity index (χ3v) is 3.61. The number of hydrogen-bond acceptors (Lipinski definition) is 2. The van der Waals surface area contributed by atoms with E-state index in [-0.39, 0.29) is 11.9 Å². The van der Waals surface area contributed by atoms with Crippen molar-refractivity contribution >= 4 is 28.2 Å². The quantitative estimate of drug-likeness (QED) is 0.744. The number of nitrogens with one attached hydrogen (secondary N) is 2. The lowest BCUT2D eigenvalue weighted by Crippen LogP contribution is -2.07. The minimum atomic E-state index is -0.331. The Morgan fingerprint density at radius 2 is 2.15 bits per heavy atom. The highest BCUT2D eigenvalue weighted by molar-refractivity contribution is 6.31. The molecule has 0 aliphatic rings. The third kappa shape index (κ3) is 2.34. The molecule has 0 fully saturated rings. The largest absolute Gasteiger partial charge is 0.378 e. The average molecular weight is 290 g/mol. The van der Waals surface area contributed by atoms with E-state index in [4.69, 9.17) is 11.6 Å². The van der Waals surface area contributed by atoms with Crippen molar-refractivity contribution in [3.05, 3.63) is 59.0 Å². The van der Waals surface area contributed by atoms with E-state index in [1.807, 2.05) is 25.1 Å². The maximum absolute atomic E-state index is 13.1. The number of rotatable bonds is 3. The molecule has 0 aliphatic heterocycles. The van der Waals surface area contributed by atoms with Crippen LogP contribution in [-0.4, -0.2) is 10.2 Å². The molecule has 0 saturated heterocycles. The van der Waals surface area contributed by atoms with Gasteiger partial charge >= 0.3 is 0 Å². The fraction of sp³-hybridized carbons (Fsp3) is 0.133. The summed E-state index contributed by atoms with van der Waals surface area (Å²) in [6, 6.07) is 10.3. The van der Waals surface area contributed by atoms with E-state index >= 15 is 0 Å². The molecular formula is C15H13ClFN3. The van der Waals surface area contributed by atoms with Gasteiger partial charge in [-0.25, -0.2) is 4.39 Å². The smallest absolute Gasteiger partial charge is 0.124 e. The first kappa shape index (κ1) is 12.9. The van der Waals surface area contributed by atoms with Crippen LogP contribution in [0.3, 0.4) is 0 Å². The molecule has 0 amide bonds. The van der Waals surface area contributed by atoms with Crippen LogP contribution in [0.2, 0.25) is 5.02 Å². The first-order chi connectivity index (χ1) is 9.65. The summed E-state index contributed by atoms with van der Waals surface area (Å²) in [7, 11) is 0. The monoisotopic (exact) mass is 289 g/mol. The third-order valence-electron chi connectivity index (χ3n) is 3.29. The summed E-state index contributed by atoms with van der Waals surface area (Å²) < 4.78 is 13.1. The number of benzene rings is 2. The van der Waals surface area contributed by atoms with Crippen LogP contribution in [-0.2, 0) is 0 Å². The number of nitrogens with zero attached hydrogens (tertiary/aromatic N) is 1. The summed E-state index contributed by atoms with van der Waals surface area (Å²) in [5.41, 5.74) is 2.78. The van der Waals surface area contributed by atoms with Crippen LogP contribution in [0.1, 0.15) is 18.5 Å². The van der Waals surface area contributed by atoms with E-state index < -0.39 is 0 Å². The van der Waals surface area contributed by atoms with E-state index in [2.05, 4.69) is 15.5 Å². The lowest BCUT2D eigenvalue weighted by molar-refractivity contribution is 0.626. The van der Waals surface area contributed by atoms with Crippen molar-refractivity contribution in [2.75, 3.05) is 5.32 Å². The fourth-order valence-electron chi connectivity index (χ4n) is 2.26. The molecule has 0 aliphatic carbocycles. The van der Waals surface area contributed by atoms with Gasteiger partial charge in [-0.05, 0) is 36.8 Å². The Kier molecular flexibility index (Phi) is 3.32. The molecule has 3 rings (SSSR count). The van der Waals surface area contributed by atoms with Gasteiger partial charge in [0.1, 0.15) is 5.82 Å². The molecule has 1 heterocycles. The summed E-state index contributed by atoms with van der Waals surface area (Å²) in [5.74, 6) is -0.331. The van der Waals surface area contributed by atoms with Gasteiger partial charge in [-0.15, -0.1) is 0 Å². The Hall–Kier alpha value is -2.07. The van der Waals surface area contributed by atoms with Gasteiger partial charge < -0.3 is 5.32 Å². The van der Waals surface area contributed by atoms with Crippen LogP contribution in [0.5, 0.6) is 0 Å². The van der Waals surface area contributed by atoms with E-state index in [9.17, 15) is 4.39 Å². The predicted molar refractivity (Wildman–Crippen MR) is 79.5 cm³/mol. The van der Waals surface area contributed by atoms with Crippen molar-refractivity contribution in [1.29, 1.82) is 0 Å². The highest BCUT2D eigenvalue weighted by Crippen LogP contribution is 2.29. The van der Waals surface area contributed by atoms with Gasteiger partial charge in [0.2, 0.25) is 0 Å². The zero-order chi connectivity index (χ0) is 14.1. The molecule has 102 valence electrons. The topological polar surface area (TPSA) is 40.7 Å². The molecule has 1 atom stereocenters. The second-order valence-corrected chi connectivity index (χ2v) is 5.08. The maximum atomic E-state index is 13.1. The van der Waals surface area contributed by atoms with Crippen molar-refractivity contribution in [3.63, 3.8) is 0 Å². The van der Waals surface area contributed by atoms with Crippen LogP contribution < -0.4 is 5.32 Å². The van der Waals surface area contributed by atoms with Gasteiger partial charge in [0.25, 0.3) is 0 Å². The summed E-state index contributed by atoms with van der Waals surface area (Å²) in [5, 5.41) is 11.8. The molecule has 2 N–H and O–H groups in total. The number of anilines is 1. The SMILES string of the molecule is CC(Nc1cccc2[nH]ncc12)c1ccc(F)cc1Cl. The van der Waals surface area contributed by atoms with Gasteiger partial charge in [0.05, 0.1) is 17.8 Å². The highest BCUT2D eigenvalue weighted by Gasteiger charge is 2.12. The van der Waals surface area contributed by atoms with Gasteiger partial charge in [-0.1, -0.05) is 23.7 Å². The van der Waals surface area contributed by atoms with E-state index in [0.717, 1.165) is 22.2 Å². The zero-order valence-electron chi connectivity index (χ0n) is 10.8. The molecule has 0 radical (unpaired) electrons. The van der Waals surface area contributed by atoms with Crippen molar-refractivity contribution in [2.24, 2.45) is 0 Å². The number of H-pyrrole nitrogens is 1. The maximum Gasteiger partial charge on any atom is 0.124 e. The molecule has 2 aromatic carbocycles. The Morgan fingerprint density at radius 1 is 1.30 bits per heavy atom. The average Bonchev–Trinajstić information content (AvgIpc) is 2.87. The van der Waals surface area contributed by atoms with Crippen LogP contribution in [0.25, 0.3) is 10.9 Å². The van der Waals surface area contributed by atoms with E-state index in [1.165, 1.54) is 12.1 Å². The lowest BCUT2D eigenvalue weighted by Gasteiger charge is -2.17.